The molecule has 2 atom stereocenters. The van der Waals surface area contributed by atoms with Crippen LogP contribution < -0.4 is 10.2 Å². The molecule has 1 N–H and O–H groups in total. The van der Waals surface area contributed by atoms with Crippen LogP contribution in [0.2, 0.25) is 5.15 Å². The van der Waals surface area contributed by atoms with E-state index in [0.29, 0.717) is 29.7 Å². The number of carbonyl (C=O) groups is 1. The molecule has 1 amide bonds. The first-order chi connectivity index (χ1) is 15.8. The van der Waals surface area contributed by atoms with Gasteiger partial charge in [0, 0.05) is 44.0 Å². The number of carbonyl (C=O) groups excluding carboxylic acids is 1. The molecular weight excluding hydrogens is 468 g/mol. The molecule has 0 bridgehead atoms. The third kappa shape index (κ3) is 5.03. The number of hydrogen-bond donors (Lipinski definition) is 1. The van der Waals surface area contributed by atoms with Crippen LogP contribution in [0, 0.1) is 0 Å². The predicted molar refractivity (Wildman–Crippen MR) is 124 cm³/mol. The maximum absolute atomic E-state index is 13.8. The number of alkyl halides is 2. The summed E-state index contributed by atoms with van der Waals surface area (Å²) < 4.78 is 34.5. The van der Waals surface area contributed by atoms with Crippen molar-refractivity contribution in [1.82, 2.24) is 30.0 Å². The molecule has 1 saturated heterocycles. The molecule has 1 aliphatic heterocycles. The molecular formula is C22H26ClF2N7O2. The quantitative estimate of drug-likeness (QED) is 0.535. The summed E-state index contributed by atoms with van der Waals surface area (Å²) in [7, 11) is 0. The van der Waals surface area contributed by atoms with Gasteiger partial charge in [-0.15, -0.1) is 5.10 Å². The van der Waals surface area contributed by atoms with E-state index in [4.69, 9.17) is 21.4 Å². The lowest BCUT2D eigenvalue weighted by molar-refractivity contribution is 0.00762. The average molecular weight is 494 g/mol. The Morgan fingerprint density at radius 2 is 2.00 bits per heavy atom. The van der Waals surface area contributed by atoms with E-state index >= 15 is 0 Å². The van der Waals surface area contributed by atoms with Gasteiger partial charge in [0.05, 0.1) is 16.9 Å². The van der Waals surface area contributed by atoms with Gasteiger partial charge in [-0.25, -0.2) is 24.4 Å². The van der Waals surface area contributed by atoms with E-state index in [9.17, 15) is 13.6 Å². The fourth-order valence-corrected chi connectivity index (χ4v) is 4.09. The molecule has 0 spiro atoms. The molecule has 0 saturated carbocycles. The Morgan fingerprint density at radius 1 is 1.26 bits per heavy atom. The van der Waals surface area contributed by atoms with Gasteiger partial charge < -0.3 is 15.0 Å². The van der Waals surface area contributed by atoms with Crippen LogP contribution in [-0.2, 0) is 10.7 Å². The van der Waals surface area contributed by atoms with Crippen LogP contribution in [0.3, 0.4) is 0 Å². The molecule has 3 aromatic rings. The lowest BCUT2D eigenvalue weighted by atomic mass is 10.2. The van der Waals surface area contributed by atoms with Crippen LogP contribution in [0.5, 0.6) is 0 Å². The lowest BCUT2D eigenvalue weighted by Gasteiger charge is -2.22. The van der Waals surface area contributed by atoms with Gasteiger partial charge in [-0.1, -0.05) is 11.6 Å². The largest absolute Gasteiger partial charge is 0.444 e. The molecule has 2 unspecified atom stereocenters. The number of alkyl carbamates (subject to hydrolysis) is 1. The smallest absolute Gasteiger partial charge is 0.407 e. The van der Waals surface area contributed by atoms with Crippen molar-refractivity contribution in [2.75, 3.05) is 11.4 Å². The maximum Gasteiger partial charge on any atom is 0.407 e. The first-order valence-corrected chi connectivity index (χ1v) is 11.2. The summed E-state index contributed by atoms with van der Waals surface area (Å²) in [5.74, 6) is -3.04. The van der Waals surface area contributed by atoms with Crippen LogP contribution >= 0.6 is 11.6 Å². The first kappa shape index (κ1) is 24.1. The molecule has 3 aromatic heterocycles. The number of amides is 1. The first-order valence-electron chi connectivity index (χ1n) is 10.8. The van der Waals surface area contributed by atoms with Crippen LogP contribution in [0.4, 0.5) is 19.4 Å². The Hall–Kier alpha value is -3.08. The Morgan fingerprint density at radius 3 is 2.68 bits per heavy atom. The summed E-state index contributed by atoms with van der Waals surface area (Å²) in [5.41, 5.74) is -0.0330. The van der Waals surface area contributed by atoms with Gasteiger partial charge in [0.15, 0.2) is 11.6 Å². The van der Waals surface area contributed by atoms with Crippen molar-refractivity contribution in [3.05, 3.63) is 35.5 Å². The molecule has 0 radical (unpaired) electrons. The normalized spacial score (nSPS) is 19.0. The van der Waals surface area contributed by atoms with Crippen molar-refractivity contribution in [3.63, 3.8) is 0 Å². The van der Waals surface area contributed by atoms with E-state index in [0.717, 1.165) is 6.92 Å². The molecule has 1 aliphatic rings. The number of pyridine rings is 1. The topological polar surface area (TPSA) is 98.1 Å². The molecule has 182 valence electrons. The van der Waals surface area contributed by atoms with Crippen molar-refractivity contribution in [3.8, 4) is 5.82 Å². The fourth-order valence-electron chi connectivity index (χ4n) is 3.94. The van der Waals surface area contributed by atoms with E-state index < -0.39 is 23.4 Å². The van der Waals surface area contributed by atoms with Crippen LogP contribution in [0.25, 0.3) is 16.7 Å². The lowest BCUT2D eigenvalue weighted by Crippen LogP contribution is -2.40. The molecule has 0 aromatic carbocycles. The Bertz CT molecular complexity index is 1220. The van der Waals surface area contributed by atoms with E-state index in [1.165, 1.54) is 16.9 Å². The molecule has 34 heavy (non-hydrogen) atoms. The molecule has 1 fully saturated rings. The number of rotatable bonds is 4. The van der Waals surface area contributed by atoms with Crippen molar-refractivity contribution in [1.29, 1.82) is 0 Å². The fraction of sp³-hybridized carbons (Fsp3) is 0.500. The molecule has 9 nitrogen and oxygen atoms in total. The van der Waals surface area contributed by atoms with E-state index in [1.54, 1.807) is 33.0 Å². The van der Waals surface area contributed by atoms with Gasteiger partial charge in [-0.05, 0) is 34.1 Å². The molecule has 0 aliphatic carbocycles. The zero-order chi connectivity index (χ0) is 24.8. The van der Waals surface area contributed by atoms with E-state index in [2.05, 4.69) is 20.3 Å². The molecule has 4 rings (SSSR count). The minimum Gasteiger partial charge on any atom is -0.444 e. The number of aromatic nitrogens is 5. The number of nitrogens with zero attached hydrogens (tertiary/aromatic N) is 6. The van der Waals surface area contributed by atoms with Gasteiger partial charge in [-0.2, -0.15) is 8.78 Å². The highest BCUT2D eigenvalue weighted by Gasteiger charge is 2.34. The second-order valence-electron chi connectivity index (χ2n) is 9.47. The Balaban J connectivity index is 1.69. The van der Waals surface area contributed by atoms with Gasteiger partial charge in [0.25, 0.3) is 0 Å². The summed E-state index contributed by atoms with van der Waals surface area (Å²) >= 11 is 6.13. The second-order valence-corrected chi connectivity index (χ2v) is 9.85. The maximum atomic E-state index is 13.8. The van der Waals surface area contributed by atoms with Gasteiger partial charge in [0.1, 0.15) is 10.8 Å². The zero-order valence-electron chi connectivity index (χ0n) is 19.5. The summed E-state index contributed by atoms with van der Waals surface area (Å²) in [5, 5.41) is 8.51. The molecule has 12 heteroatoms. The number of nitrogens with one attached hydrogen (secondary N) is 1. The van der Waals surface area contributed by atoms with Crippen molar-refractivity contribution < 1.29 is 18.3 Å². The molecule has 4 heterocycles. The summed E-state index contributed by atoms with van der Waals surface area (Å²) in [4.78, 5) is 26.2. The number of hydrogen-bond acceptors (Lipinski definition) is 7. The number of fused-ring (bicyclic) bond motifs is 1. The second kappa shape index (κ2) is 8.61. The SMILES string of the molecule is CC1CC(NC(=O)OC(C)(C)C)CN1c1nn(-c2ccnc(C(C)(F)F)n2)c2cc(Cl)ncc12. The van der Waals surface area contributed by atoms with E-state index in [1.807, 2.05) is 11.8 Å². The summed E-state index contributed by atoms with van der Waals surface area (Å²) in [6.07, 6.45) is 3.05. The van der Waals surface area contributed by atoms with Crippen molar-refractivity contribution in [2.24, 2.45) is 0 Å². The summed E-state index contributed by atoms with van der Waals surface area (Å²) in [6, 6.07) is 2.98. The highest BCUT2D eigenvalue weighted by molar-refractivity contribution is 6.30. The van der Waals surface area contributed by atoms with Crippen LogP contribution in [0.15, 0.2) is 24.5 Å². The van der Waals surface area contributed by atoms with Crippen LogP contribution in [0.1, 0.15) is 46.9 Å². The standard InChI is InChI=1S/C22H26ClF2N7O2/c1-12-8-13(28-20(33)34-21(2,3)4)11-31(12)18-14-10-27-16(23)9-15(14)32(30-18)17-6-7-26-19(29-17)22(5,24)25/h6-7,9-10,12-13H,8,11H2,1-5H3,(H,28,33). The van der Waals surface area contributed by atoms with Gasteiger partial charge in [-0.3, -0.25) is 0 Å². The van der Waals surface area contributed by atoms with E-state index in [-0.39, 0.29) is 23.1 Å². The van der Waals surface area contributed by atoms with Crippen LogP contribution in [-0.4, -0.2) is 55.1 Å². The Kier molecular flexibility index (Phi) is 6.09. The minimum absolute atomic E-state index is 0.0306. The number of halogens is 3. The highest BCUT2D eigenvalue weighted by Crippen LogP contribution is 2.34. The highest BCUT2D eigenvalue weighted by atomic mass is 35.5. The summed E-state index contributed by atoms with van der Waals surface area (Å²) in [6.45, 7) is 8.66. The monoisotopic (exact) mass is 493 g/mol. The van der Waals surface area contributed by atoms with Crippen molar-refractivity contribution in [2.45, 2.75) is 64.6 Å². The van der Waals surface area contributed by atoms with Crippen molar-refractivity contribution >= 4 is 34.4 Å². The third-order valence-electron chi connectivity index (χ3n) is 5.33. The minimum atomic E-state index is -3.20. The predicted octanol–water partition coefficient (Wildman–Crippen LogP) is 4.47. The third-order valence-corrected chi connectivity index (χ3v) is 5.54. The average Bonchev–Trinajstić information content (AvgIpc) is 3.25. The van der Waals surface area contributed by atoms with Gasteiger partial charge in [0.2, 0.25) is 5.82 Å². The van der Waals surface area contributed by atoms with Gasteiger partial charge >= 0.3 is 12.0 Å². The zero-order valence-corrected chi connectivity index (χ0v) is 20.3. The number of anilines is 1. The number of ether oxygens (including phenoxy) is 1. The Labute approximate surface area is 200 Å².